The molecule has 104 valence electrons. The predicted molar refractivity (Wildman–Crippen MR) is 82.2 cm³/mol. The molecular weight excluding hydrogens is 272 g/mol. The Balaban J connectivity index is 1.76. The van der Waals surface area contributed by atoms with Crippen molar-refractivity contribution in [3.63, 3.8) is 0 Å². The second-order valence-electron chi connectivity index (χ2n) is 5.07. The molecule has 1 saturated heterocycles. The molecular formula is C15H17ClN4. The third kappa shape index (κ3) is 2.92. The number of rotatable bonds is 2. The molecule has 2 heterocycles. The zero-order valence-electron chi connectivity index (χ0n) is 11.5. The van der Waals surface area contributed by atoms with E-state index in [9.17, 15) is 0 Å². The fraction of sp³-hybridized carbons (Fsp3) is 0.333. The van der Waals surface area contributed by atoms with E-state index in [1.807, 2.05) is 36.7 Å². The van der Waals surface area contributed by atoms with Gasteiger partial charge in [0.2, 0.25) is 5.95 Å². The van der Waals surface area contributed by atoms with Gasteiger partial charge >= 0.3 is 0 Å². The summed E-state index contributed by atoms with van der Waals surface area (Å²) in [4.78, 5) is 13.5. The van der Waals surface area contributed by atoms with E-state index in [0.717, 1.165) is 48.3 Å². The average Bonchev–Trinajstić information content (AvgIpc) is 2.49. The van der Waals surface area contributed by atoms with E-state index in [2.05, 4.69) is 26.8 Å². The number of hydrogen-bond donors (Lipinski definition) is 0. The third-order valence-electron chi connectivity index (χ3n) is 3.60. The van der Waals surface area contributed by atoms with Gasteiger partial charge in [-0.25, -0.2) is 9.97 Å². The van der Waals surface area contributed by atoms with Gasteiger partial charge < -0.3 is 9.80 Å². The van der Waals surface area contributed by atoms with Crippen molar-refractivity contribution in [1.82, 2.24) is 14.9 Å². The Hall–Kier alpha value is -1.65. The lowest BCUT2D eigenvalue weighted by Gasteiger charge is -2.32. The summed E-state index contributed by atoms with van der Waals surface area (Å²) in [5, 5.41) is 0.740. The highest BCUT2D eigenvalue weighted by atomic mass is 35.5. The van der Waals surface area contributed by atoms with Crippen LogP contribution in [-0.2, 0) is 0 Å². The predicted octanol–water partition coefficient (Wildman–Crippen LogP) is 2.55. The van der Waals surface area contributed by atoms with Gasteiger partial charge in [0.05, 0.1) is 0 Å². The van der Waals surface area contributed by atoms with Crippen LogP contribution in [0.25, 0.3) is 11.1 Å². The number of likely N-dealkylation sites (N-methyl/N-ethyl adjacent to an activating group) is 1. The molecule has 1 aromatic heterocycles. The highest BCUT2D eigenvalue weighted by Gasteiger charge is 2.16. The quantitative estimate of drug-likeness (QED) is 0.850. The van der Waals surface area contributed by atoms with Gasteiger partial charge in [-0.15, -0.1) is 0 Å². The third-order valence-corrected chi connectivity index (χ3v) is 3.85. The summed E-state index contributed by atoms with van der Waals surface area (Å²) < 4.78 is 0. The minimum Gasteiger partial charge on any atom is -0.338 e. The molecule has 0 radical (unpaired) electrons. The molecule has 3 rings (SSSR count). The van der Waals surface area contributed by atoms with Crippen LogP contribution in [0.5, 0.6) is 0 Å². The summed E-state index contributed by atoms with van der Waals surface area (Å²) in [6.45, 7) is 4.08. The molecule has 1 aromatic carbocycles. The molecule has 5 heteroatoms. The van der Waals surface area contributed by atoms with Crippen LogP contribution in [0.15, 0.2) is 36.7 Å². The molecule has 1 fully saturated rings. The molecule has 0 saturated carbocycles. The zero-order valence-corrected chi connectivity index (χ0v) is 12.2. The van der Waals surface area contributed by atoms with Crippen molar-refractivity contribution in [2.24, 2.45) is 0 Å². The second-order valence-corrected chi connectivity index (χ2v) is 5.51. The summed E-state index contributed by atoms with van der Waals surface area (Å²) in [5.41, 5.74) is 2.10. The Morgan fingerprint density at radius 1 is 0.900 bits per heavy atom. The minimum atomic E-state index is 0.740. The molecule has 0 atom stereocenters. The van der Waals surface area contributed by atoms with Crippen molar-refractivity contribution in [2.45, 2.75) is 0 Å². The van der Waals surface area contributed by atoms with E-state index in [1.165, 1.54) is 0 Å². The summed E-state index contributed by atoms with van der Waals surface area (Å²) >= 11 is 5.90. The summed E-state index contributed by atoms with van der Waals surface area (Å²) in [5.74, 6) is 0.816. The highest BCUT2D eigenvalue weighted by molar-refractivity contribution is 6.30. The topological polar surface area (TPSA) is 32.3 Å². The first-order valence-corrected chi connectivity index (χ1v) is 7.12. The number of aromatic nitrogens is 2. The second kappa shape index (κ2) is 5.77. The van der Waals surface area contributed by atoms with Crippen molar-refractivity contribution in [1.29, 1.82) is 0 Å². The maximum atomic E-state index is 5.90. The largest absolute Gasteiger partial charge is 0.338 e. The number of benzene rings is 1. The number of nitrogens with zero attached hydrogens (tertiary/aromatic N) is 4. The van der Waals surface area contributed by atoms with Gasteiger partial charge in [0.25, 0.3) is 0 Å². The Labute approximate surface area is 124 Å². The highest BCUT2D eigenvalue weighted by Crippen LogP contribution is 2.21. The van der Waals surface area contributed by atoms with Crippen LogP contribution in [0, 0.1) is 0 Å². The van der Waals surface area contributed by atoms with Gasteiger partial charge in [-0.05, 0) is 24.7 Å². The van der Waals surface area contributed by atoms with Crippen LogP contribution < -0.4 is 4.90 Å². The van der Waals surface area contributed by atoms with E-state index in [4.69, 9.17) is 11.6 Å². The first-order valence-electron chi connectivity index (χ1n) is 6.74. The van der Waals surface area contributed by atoms with E-state index in [1.54, 1.807) is 0 Å². The van der Waals surface area contributed by atoms with Gasteiger partial charge in [-0.3, -0.25) is 0 Å². The molecule has 2 aromatic rings. The fourth-order valence-electron chi connectivity index (χ4n) is 2.28. The van der Waals surface area contributed by atoms with Gasteiger partial charge in [-0.2, -0.15) is 0 Å². The normalized spacial score (nSPS) is 16.4. The van der Waals surface area contributed by atoms with E-state index in [-0.39, 0.29) is 0 Å². The van der Waals surface area contributed by atoms with Crippen molar-refractivity contribution >= 4 is 17.5 Å². The first kappa shape index (κ1) is 13.3. The molecule has 0 N–H and O–H groups in total. The zero-order chi connectivity index (χ0) is 13.9. The van der Waals surface area contributed by atoms with Gasteiger partial charge in [-0.1, -0.05) is 23.7 Å². The van der Waals surface area contributed by atoms with Crippen molar-refractivity contribution < 1.29 is 0 Å². The summed E-state index contributed by atoms with van der Waals surface area (Å²) in [6.07, 6.45) is 3.76. The number of piperazine rings is 1. The van der Waals surface area contributed by atoms with Crippen LogP contribution in [0.2, 0.25) is 5.02 Å². The first-order chi connectivity index (χ1) is 9.72. The summed E-state index contributed by atoms with van der Waals surface area (Å²) in [7, 11) is 2.14. The van der Waals surface area contributed by atoms with Crippen LogP contribution in [0.3, 0.4) is 0 Å². The number of hydrogen-bond acceptors (Lipinski definition) is 4. The van der Waals surface area contributed by atoms with Crippen molar-refractivity contribution in [3.05, 3.63) is 41.7 Å². The molecule has 20 heavy (non-hydrogen) atoms. The lowest BCUT2D eigenvalue weighted by Crippen LogP contribution is -2.45. The molecule has 1 aliphatic heterocycles. The van der Waals surface area contributed by atoms with E-state index in [0.29, 0.717) is 0 Å². The van der Waals surface area contributed by atoms with Crippen LogP contribution in [0.4, 0.5) is 5.95 Å². The molecule has 0 bridgehead atoms. The molecule has 0 aliphatic carbocycles. The standard InChI is InChI=1S/C15H17ClN4/c1-19-6-8-20(9-7-19)15-17-10-13(11-18-15)12-2-4-14(16)5-3-12/h2-5,10-11H,6-9H2,1H3. The molecule has 0 unspecified atom stereocenters. The van der Waals surface area contributed by atoms with Crippen LogP contribution >= 0.6 is 11.6 Å². The van der Waals surface area contributed by atoms with Gasteiger partial charge in [0.1, 0.15) is 0 Å². The Morgan fingerprint density at radius 2 is 1.50 bits per heavy atom. The monoisotopic (exact) mass is 288 g/mol. The minimum absolute atomic E-state index is 0.740. The van der Waals surface area contributed by atoms with E-state index < -0.39 is 0 Å². The lowest BCUT2D eigenvalue weighted by molar-refractivity contribution is 0.311. The Kier molecular flexibility index (Phi) is 3.85. The molecule has 1 aliphatic rings. The van der Waals surface area contributed by atoms with Gasteiger partial charge in [0, 0.05) is 49.2 Å². The van der Waals surface area contributed by atoms with Crippen molar-refractivity contribution in [2.75, 3.05) is 38.1 Å². The molecule has 0 spiro atoms. The number of anilines is 1. The van der Waals surface area contributed by atoms with Gasteiger partial charge in [0.15, 0.2) is 0 Å². The maximum absolute atomic E-state index is 5.90. The molecule has 0 amide bonds. The average molecular weight is 289 g/mol. The summed E-state index contributed by atoms with van der Waals surface area (Å²) in [6, 6.07) is 7.73. The van der Waals surface area contributed by atoms with Crippen molar-refractivity contribution in [3.8, 4) is 11.1 Å². The smallest absolute Gasteiger partial charge is 0.225 e. The SMILES string of the molecule is CN1CCN(c2ncc(-c3ccc(Cl)cc3)cn2)CC1. The number of halogens is 1. The fourth-order valence-corrected chi connectivity index (χ4v) is 2.41. The lowest BCUT2D eigenvalue weighted by atomic mass is 10.1. The Morgan fingerprint density at radius 3 is 2.10 bits per heavy atom. The maximum Gasteiger partial charge on any atom is 0.225 e. The van der Waals surface area contributed by atoms with Crippen LogP contribution in [0.1, 0.15) is 0 Å². The molecule has 4 nitrogen and oxygen atoms in total. The Bertz CT molecular complexity index is 559. The van der Waals surface area contributed by atoms with E-state index >= 15 is 0 Å². The van der Waals surface area contributed by atoms with Crippen LogP contribution in [-0.4, -0.2) is 48.1 Å².